The number of nitro benzene ring substituents is 2. The van der Waals surface area contributed by atoms with Crippen LogP contribution in [-0.4, -0.2) is 16.5 Å². The van der Waals surface area contributed by atoms with Gasteiger partial charge in [0.15, 0.2) is 0 Å². The lowest BCUT2D eigenvalue weighted by Crippen LogP contribution is -2.03. The summed E-state index contributed by atoms with van der Waals surface area (Å²) < 4.78 is 16.2. The summed E-state index contributed by atoms with van der Waals surface area (Å²) in [7, 11) is -2.32. The Kier molecular flexibility index (Phi) is 4.19. The van der Waals surface area contributed by atoms with Crippen molar-refractivity contribution < 1.29 is 18.9 Å². The van der Waals surface area contributed by atoms with Crippen molar-refractivity contribution in [1.82, 2.24) is 0 Å². The molecule has 90 valence electrons. The van der Waals surface area contributed by atoms with Gasteiger partial charge in [0.25, 0.3) is 11.4 Å². The maximum Gasteiger partial charge on any atom is 0.549 e. The summed E-state index contributed by atoms with van der Waals surface area (Å²) in [4.78, 5) is 19.5. The van der Waals surface area contributed by atoms with Gasteiger partial charge in [0.1, 0.15) is 6.61 Å². The fourth-order valence-electron chi connectivity index (χ4n) is 1.09. The first-order valence-electron chi connectivity index (χ1n) is 4.49. The fourth-order valence-corrected chi connectivity index (χ4v) is 1.95. The summed E-state index contributed by atoms with van der Waals surface area (Å²) in [6, 6.07) is 2.81. The van der Waals surface area contributed by atoms with E-state index in [0.717, 1.165) is 18.2 Å². The highest BCUT2D eigenvalue weighted by atomic mass is 31.1. The molecule has 0 aliphatic heterocycles. The van der Waals surface area contributed by atoms with Gasteiger partial charge in [0.2, 0.25) is 5.30 Å². The molecule has 1 aromatic rings. The Hall–Kier alpha value is -1.92. The molecule has 0 amide bonds. The van der Waals surface area contributed by atoms with Crippen LogP contribution in [-0.2, 0) is 9.09 Å². The summed E-state index contributed by atoms with van der Waals surface area (Å²) in [5.41, 5.74) is -0.977. The van der Waals surface area contributed by atoms with Gasteiger partial charge in [-0.05, 0) is 11.5 Å². The quantitative estimate of drug-likeness (QED) is 0.453. The third-order valence-electron chi connectivity index (χ3n) is 1.77. The van der Waals surface area contributed by atoms with Crippen LogP contribution in [0.1, 0.15) is 6.92 Å². The molecule has 1 atom stereocenters. The molecule has 1 unspecified atom stereocenters. The van der Waals surface area contributed by atoms with Gasteiger partial charge < -0.3 is 0 Å². The van der Waals surface area contributed by atoms with Crippen molar-refractivity contribution in [3.05, 3.63) is 38.4 Å². The van der Waals surface area contributed by atoms with E-state index in [1.54, 1.807) is 6.92 Å². The van der Waals surface area contributed by atoms with Gasteiger partial charge in [-0.15, -0.1) is 4.52 Å². The molecule has 0 radical (unpaired) electrons. The Morgan fingerprint density at radius 1 is 1.18 bits per heavy atom. The maximum atomic E-state index is 11.5. The minimum absolute atomic E-state index is 0.0669. The van der Waals surface area contributed by atoms with Crippen LogP contribution >= 0.6 is 8.03 Å². The molecule has 0 heterocycles. The Morgan fingerprint density at radius 2 is 1.65 bits per heavy atom. The Balaban J connectivity index is 3.26. The minimum Gasteiger partial charge on any atom is -0.258 e. The number of benzene rings is 1. The van der Waals surface area contributed by atoms with Crippen LogP contribution < -0.4 is 5.30 Å². The zero-order valence-electron chi connectivity index (χ0n) is 8.73. The van der Waals surface area contributed by atoms with E-state index in [-0.39, 0.29) is 11.9 Å². The number of rotatable bonds is 5. The molecule has 0 saturated carbocycles. The molecule has 0 saturated heterocycles. The third-order valence-corrected chi connectivity index (χ3v) is 2.94. The second kappa shape index (κ2) is 5.42. The molecule has 17 heavy (non-hydrogen) atoms. The van der Waals surface area contributed by atoms with Gasteiger partial charge in [-0.1, -0.05) is 0 Å². The van der Waals surface area contributed by atoms with Crippen LogP contribution in [0, 0.1) is 20.2 Å². The lowest BCUT2D eigenvalue weighted by molar-refractivity contribution is -0.394. The van der Waals surface area contributed by atoms with E-state index in [0.29, 0.717) is 0 Å². The van der Waals surface area contributed by atoms with E-state index >= 15 is 0 Å². The van der Waals surface area contributed by atoms with E-state index < -0.39 is 29.2 Å². The molecular weight excluding hydrogens is 251 g/mol. The number of non-ortho nitro benzene ring substituents is 2. The van der Waals surface area contributed by atoms with Crippen molar-refractivity contribution in [1.29, 1.82) is 0 Å². The summed E-state index contributed by atoms with van der Waals surface area (Å²) in [6.07, 6.45) is 0. The van der Waals surface area contributed by atoms with Gasteiger partial charge in [-0.25, -0.2) is 0 Å². The molecule has 0 spiro atoms. The van der Waals surface area contributed by atoms with Crippen molar-refractivity contribution in [3.63, 3.8) is 0 Å². The Labute approximate surface area is 96.4 Å². The van der Waals surface area contributed by atoms with Gasteiger partial charge in [0.05, 0.1) is 28.0 Å². The van der Waals surface area contributed by atoms with Crippen LogP contribution in [0.25, 0.3) is 0 Å². The molecule has 0 aliphatic rings. The number of nitrogens with zero attached hydrogens (tertiary/aromatic N) is 2. The molecule has 0 bridgehead atoms. The van der Waals surface area contributed by atoms with Gasteiger partial charge in [0, 0.05) is 0 Å². The molecule has 1 aromatic carbocycles. The molecule has 0 fully saturated rings. The fraction of sp³-hybridized carbons (Fsp3) is 0.250. The lowest BCUT2D eigenvalue weighted by atomic mass is 10.3. The third kappa shape index (κ3) is 3.27. The average Bonchev–Trinajstić information content (AvgIpc) is 2.28. The highest BCUT2D eigenvalue weighted by Gasteiger charge is 2.28. The Morgan fingerprint density at radius 3 is 2.00 bits per heavy atom. The summed E-state index contributed by atoms with van der Waals surface area (Å²) in [6.45, 7) is 1.74. The van der Waals surface area contributed by atoms with E-state index in [2.05, 4.69) is 0 Å². The van der Waals surface area contributed by atoms with E-state index in [1.807, 2.05) is 0 Å². The number of hydrogen-bond acceptors (Lipinski definition) is 6. The molecule has 8 nitrogen and oxygen atoms in total. The molecular formula is C8H8N2O6P+. The second-order valence-corrected chi connectivity index (χ2v) is 4.19. The smallest absolute Gasteiger partial charge is 0.258 e. The van der Waals surface area contributed by atoms with Crippen molar-refractivity contribution in [2.24, 2.45) is 0 Å². The molecule has 0 aromatic heterocycles. The normalized spacial score (nSPS) is 11.0. The first-order valence-corrected chi connectivity index (χ1v) is 5.67. The molecule has 0 aliphatic carbocycles. The standard InChI is InChI=1S/C8H8N2O6P/c1-2-16-17(15)8-4-6(9(11)12)3-7(5-8)10(13)14/h3-5H,2H2,1H3/q+1. The summed E-state index contributed by atoms with van der Waals surface area (Å²) >= 11 is 0. The lowest BCUT2D eigenvalue weighted by Gasteiger charge is -1.93. The predicted octanol–water partition coefficient (Wildman–Crippen LogP) is 1.91. The highest BCUT2D eigenvalue weighted by molar-refractivity contribution is 7.48. The second-order valence-electron chi connectivity index (χ2n) is 2.90. The van der Waals surface area contributed by atoms with Crippen LogP contribution in [0.4, 0.5) is 11.4 Å². The minimum atomic E-state index is -2.32. The number of hydrogen-bond donors (Lipinski definition) is 0. The van der Waals surface area contributed by atoms with E-state index in [1.165, 1.54) is 0 Å². The van der Waals surface area contributed by atoms with Gasteiger partial charge in [-0.2, -0.15) is 0 Å². The molecule has 0 N–H and O–H groups in total. The van der Waals surface area contributed by atoms with Crippen molar-refractivity contribution in [3.8, 4) is 0 Å². The monoisotopic (exact) mass is 259 g/mol. The summed E-state index contributed by atoms with van der Waals surface area (Å²) in [5.74, 6) is 0. The van der Waals surface area contributed by atoms with Crippen LogP contribution in [0.3, 0.4) is 0 Å². The SMILES string of the molecule is CCO[P+](=O)c1cc([N+](=O)[O-])cc([N+](=O)[O-])c1. The van der Waals surface area contributed by atoms with Crippen LogP contribution in [0.2, 0.25) is 0 Å². The van der Waals surface area contributed by atoms with E-state index in [9.17, 15) is 24.8 Å². The van der Waals surface area contributed by atoms with Crippen LogP contribution in [0.15, 0.2) is 18.2 Å². The average molecular weight is 259 g/mol. The van der Waals surface area contributed by atoms with Crippen LogP contribution in [0.5, 0.6) is 0 Å². The predicted molar refractivity (Wildman–Crippen MR) is 58.6 cm³/mol. The van der Waals surface area contributed by atoms with Crippen molar-refractivity contribution in [2.75, 3.05) is 6.61 Å². The van der Waals surface area contributed by atoms with Crippen molar-refractivity contribution in [2.45, 2.75) is 6.92 Å². The molecule has 1 rings (SSSR count). The Bertz CT molecular complexity index is 457. The highest BCUT2D eigenvalue weighted by Crippen LogP contribution is 2.27. The van der Waals surface area contributed by atoms with E-state index in [4.69, 9.17) is 4.52 Å². The van der Waals surface area contributed by atoms with Crippen molar-refractivity contribution >= 4 is 24.7 Å². The first kappa shape index (κ1) is 13.1. The topological polar surface area (TPSA) is 113 Å². The largest absolute Gasteiger partial charge is 0.549 e. The number of nitro groups is 2. The first-order chi connectivity index (χ1) is 7.95. The van der Waals surface area contributed by atoms with Gasteiger partial charge >= 0.3 is 8.03 Å². The summed E-state index contributed by atoms with van der Waals surface area (Å²) in [5, 5.41) is 21.0. The zero-order valence-corrected chi connectivity index (χ0v) is 9.62. The van der Waals surface area contributed by atoms with Gasteiger partial charge in [-0.3, -0.25) is 20.2 Å². The maximum absolute atomic E-state index is 11.5. The zero-order chi connectivity index (χ0) is 13.0. The molecule has 9 heteroatoms.